The fourth-order valence-electron chi connectivity index (χ4n) is 4.11. The van der Waals surface area contributed by atoms with Gasteiger partial charge in [-0.2, -0.15) is 0 Å². The highest BCUT2D eigenvalue weighted by Crippen LogP contribution is 2.25. The lowest BCUT2D eigenvalue weighted by Crippen LogP contribution is -2.09. The minimum atomic E-state index is -0.485. The largest absolute Gasteiger partial charge is 0.494 e. The Labute approximate surface area is 262 Å². The smallest absolute Gasteiger partial charge is 0.343 e. The van der Waals surface area contributed by atoms with Gasteiger partial charge >= 0.3 is 17.9 Å². The van der Waals surface area contributed by atoms with Gasteiger partial charge in [-0.1, -0.05) is 25.6 Å². The van der Waals surface area contributed by atoms with E-state index in [4.69, 9.17) is 18.9 Å². The van der Waals surface area contributed by atoms with Crippen molar-refractivity contribution in [2.45, 2.75) is 33.1 Å². The molecule has 8 heteroatoms. The van der Waals surface area contributed by atoms with E-state index in [-0.39, 0.29) is 0 Å². The SMILES string of the molecule is C=CC(=O)OCCCCOc1ccc(C(=O)Oc2ccc(/C=N/c3ccc(OC(=O)c4ccc(CC)cc4)c(C)c3)cc2)cc1. The number of rotatable bonds is 14. The van der Waals surface area contributed by atoms with Gasteiger partial charge in [-0.05, 0) is 122 Å². The molecule has 0 N–H and O–H groups in total. The Hall–Kier alpha value is -5.50. The molecule has 0 spiro atoms. The summed E-state index contributed by atoms with van der Waals surface area (Å²) in [5.41, 5.74) is 4.36. The number of aryl methyl sites for hydroxylation is 2. The Morgan fingerprint density at radius 1 is 0.756 bits per heavy atom. The average molecular weight is 606 g/mol. The van der Waals surface area contributed by atoms with Gasteiger partial charge in [0.25, 0.3) is 0 Å². The van der Waals surface area contributed by atoms with Crippen LogP contribution in [0.1, 0.15) is 57.2 Å². The molecule has 4 aromatic carbocycles. The number of esters is 3. The van der Waals surface area contributed by atoms with Crippen molar-refractivity contribution >= 4 is 29.8 Å². The first kappa shape index (κ1) is 32.4. The van der Waals surface area contributed by atoms with E-state index in [0.29, 0.717) is 60.1 Å². The van der Waals surface area contributed by atoms with Crippen molar-refractivity contribution in [2.75, 3.05) is 13.2 Å². The van der Waals surface area contributed by atoms with Crippen molar-refractivity contribution in [3.63, 3.8) is 0 Å². The highest BCUT2D eigenvalue weighted by atomic mass is 16.5. The summed E-state index contributed by atoms with van der Waals surface area (Å²) < 4.78 is 21.7. The van der Waals surface area contributed by atoms with Crippen molar-refractivity contribution in [3.8, 4) is 17.2 Å². The van der Waals surface area contributed by atoms with Crippen LogP contribution in [0.3, 0.4) is 0 Å². The molecule has 0 aliphatic heterocycles. The Bertz CT molecular complexity index is 1640. The van der Waals surface area contributed by atoms with Gasteiger partial charge in [-0.15, -0.1) is 0 Å². The molecule has 0 aliphatic carbocycles. The minimum Gasteiger partial charge on any atom is -0.494 e. The molecule has 8 nitrogen and oxygen atoms in total. The number of benzene rings is 4. The second-order valence-corrected chi connectivity index (χ2v) is 10.1. The number of aliphatic imine (C=N–C) groups is 1. The average Bonchev–Trinajstić information content (AvgIpc) is 3.07. The first-order valence-corrected chi connectivity index (χ1v) is 14.6. The highest BCUT2D eigenvalue weighted by Gasteiger charge is 2.11. The molecule has 0 atom stereocenters. The molecule has 0 radical (unpaired) electrons. The summed E-state index contributed by atoms with van der Waals surface area (Å²) in [6.07, 6.45) is 5.13. The molecule has 0 saturated heterocycles. The third kappa shape index (κ3) is 10.0. The lowest BCUT2D eigenvalue weighted by Gasteiger charge is -2.08. The van der Waals surface area contributed by atoms with Crippen LogP contribution in [0.2, 0.25) is 0 Å². The highest BCUT2D eigenvalue weighted by molar-refractivity contribution is 5.92. The van der Waals surface area contributed by atoms with Gasteiger partial charge < -0.3 is 18.9 Å². The van der Waals surface area contributed by atoms with Crippen LogP contribution in [0.15, 0.2) is 109 Å². The molecule has 0 aromatic heterocycles. The predicted molar refractivity (Wildman–Crippen MR) is 173 cm³/mol. The van der Waals surface area contributed by atoms with E-state index in [1.54, 1.807) is 79.0 Å². The zero-order valence-electron chi connectivity index (χ0n) is 25.4. The lowest BCUT2D eigenvalue weighted by molar-refractivity contribution is -0.137. The van der Waals surface area contributed by atoms with Crippen LogP contribution < -0.4 is 14.2 Å². The summed E-state index contributed by atoms with van der Waals surface area (Å²) in [4.78, 5) is 40.7. The number of carbonyl (C=O) groups excluding carboxylic acids is 3. The summed E-state index contributed by atoms with van der Waals surface area (Å²) in [7, 11) is 0. The van der Waals surface area contributed by atoms with Crippen molar-refractivity contribution in [3.05, 3.63) is 131 Å². The third-order valence-electron chi connectivity index (χ3n) is 6.72. The molecule has 0 aliphatic rings. The van der Waals surface area contributed by atoms with Crippen LogP contribution >= 0.6 is 0 Å². The minimum absolute atomic E-state index is 0.315. The van der Waals surface area contributed by atoms with E-state index < -0.39 is 17.9 Å². The number of nitrogens with zero attached hydrogens (tertiary/aromatic N) is 1. The molecular formula is C37H35NO7. The Morgan fingerprint density at radius 3 is 2.02 bits per heavy atom. The van der Waals surface area contributed by atoms with Crippen LogP contribution in [0.25, 0.3) is 0 Å². The normalized spacial score (nSPS) is 10.7. The molecule has 230 valence electrons. The van der Waals surface area contributed by atoms with Crippen LogP contribution in [0.5, 0.6) is 17.2 Å². The number of unbranched alkanes of at least 4 members (excludes halogenated alkanes) is 1. The standard InChI is InChI=1S/C37H35NO7/c1-4-27-8-12-29(13-9-27)37(41)45-34-21-16-31(24-26(34)3)38-25-28-10-17-33(18-11-28)44-36(40)30-14-19-32(20-15-30)42-22-6-7-23-43-35(39)5-2/h5,8-21,24-25H,2,4,6-7,22-23H2,1,3H3/b38-25+. The fourth-order valence-corrected chi connectivity index (χ4v) is 4.11. The van der Waals surface area contributed by atoms with E-state index in [1.807, 2.05) is 25.1 Å². The summed E-state index contributed by atoms with van der Waals surface area (Å²) in [5.74, 6) is 0.183. The molecule has 0 amide bonds. The molecule has 4 rings (SSSR count). The van der Waals surface area contributed by atoms with Gasteiger partial charge in [0.1, 0.15) is 17.2 Å². The summed E-state index contributed by atoms with van der Waals surface area (Å²) >= 11 is 0. The van der Waals surface area contributed by atoms with Gasteiger partial charge in [-0.3, -0.25) is 4.99 Å². The summed E-state index contributed by atoms with van der Waals surface area (Å²) in [5, 5.41) is 0. The van der Waals surface area contributed by atoms with Crippen molar-refractivity contribution in [1.82, 2.24) is 0 Å². The Balaban J connectivity index is 1.24. The van der Waals surface area contributed by atoms with E-state index >= 15 is 0 Å². The second-order valence-electron chi connectivity index (χ2n) is 10.1. The van der Waals surface area contributed by atoms with Crippen molar-refractivity contribution in [2.24, 2.45) is 4.99 Å². The first-order chi connectivity index (χ1) is 21.8. The van der Waals surface area contributed by atoms with E-state index in [2.05, 4.69) is 18.5 Å². The fraction of sp³-hybridized carbons (Fsp3) is 0.189. The first-order valence-electron chi connectivity index (χ1n) is 14.6. The topological polar surface area (TPSA) is 100 Å². The van der Waals surface area contributed by atoms with Crippen LogP contribution in [0.4, 0.5) is 5.69 Å². The predicted octanol–water partition coefficient (Wildman–Crippen LogP) is 7.63. The van der Waals surface area contributed by atoms with E-state index in [9.17, 15) is 14.4 Å². The molecular weight excluding hydrogens is 570 g/mol. The molecule has 4 aromatic rings. The van der Waals surface area contributed by atoms with Gasteiger partial charge in [0, 0.05) is 12.3 Å². The van der Waals surface area contributed by atoms with Crippen molar-refractivity contribution < 1.29 is 33.3 Å². The van der Waals surface area contributed by atoms with Gasteiger partial charge in [0.2, 0.25) is 0 Å². The molecule has 0 bridgehead atoms. The molecule has 0 heterocycles. The Morgan fingerprint density at radius 2 is 1.38 bits per heavy atom. The number of hydrogen-bond donors (Lipinski definition) is 0. The lowest BCUT2D eigenvalue weighted by atomic mass is 10.1. The van der Waals surface area contributed by atoms with E-state index in [1.165, 1.54) is 0 Å². The van der Waals surface area contributed by atoms with Crippen molar-refractivity contribution in [1.29, 1.82) is 0 Å². The quantitative estimate of drug-likeness (QED) is 0.0479. The summed E-state index contributed by atoms with van der Waals surface area (Å²) in [6.45, 7) is 8.05. The molecule has 0 unspecified atom stereocenters. The zero-order chi connectivity index (χ0) is 32.0. The third-order valence-corrected chi connectivity index (χ3v) is 6.72. The maximum Gasteiger partial charge on any atom is 0.343 e. The second kappa shape index (κ2) is 16.4. The van der Waals surface area contributed by atoms with Gasteiger partial charge in [-0.25, -0.2) is 14.4 Å². The van der Waals surface area contributed by atoms with E-state index in [0.717, 1.165) is 29.2 Å². The maximum absolute atomic E-state index is 12.6. The molecule has 0 saturated carbocycles. The maximum atomic E-state index is 12.6. The molecule has 45 heavy (non-hydrogen) atoms. The summed E-state index contributed by atoms with van der Waals surface area (Å²) in [6, 6.07) is 26.4. The number of ether oxygens (including phenoxy) is 4. The molecule has 0 fully saturated rings. The van der Waals surface area contributed by atoms with Crippen LogP contribution in [0, 0.1) is 6.92 Å². The van der Waals surface area contributed by atoms with Crippen LogP contribution in [-0.2, 0) is 16.0 Å². The number of carbonyl (C=O) groups is 3. The Kier molecular flexibility index (Phi) is 11.8. The zero-order valence-corrected chi connectivity index (χ0v) is 25.4. The number of hydrogen-bond acceptors (Lipinski definition) is 8. The van der Waals surface area contributed by atoms with Crippen LogP contribution in [-0.4, -0.2) is 37.3 Å². The monoisotopic (exact) mass is 605 g/mol. The van der Waals surface area contributed by atoms with Gasteiger partial charge in [0.15, 0.2) is 0 Å². The van der Waals surface area contributed by atoms with Gasteiger partial charge in [0.05, 0.1) is 30.0 Å².